The Kier molecular flexibility index (Phi) is 2.69. The van der Waals surface area contributed by atoms with E-state index in [1.165, 1.54) is 0 Å². The lowest BCUT2D eigenvalue weighted by Crippen LogP contribution is -2.09. The van der Waals surface area contributed by atoms with Crippen LogP contribution < -0.4 is 4.74 Å². The van der Waals surface area contributed by atoms with Gasteiger partial charge in [0.05, 0.1) is 17.0 Å². The number of ether oxygens (including phenoxy) is 1. The van der Waals surface area contributed by atoms with E-state index in [0.717, 1.165) is 27.8 Å². The van der Waals surface area contributed by atoms with Crippen LogP contribution in [0.1, 0.15) is 24.0 Å². The number of hydrogen-bond donors (Lipinski definition) is 1. The first-order valence-electron chi connectivity index (χ1n) is 4.78. The Balaban J connectivity index is 2.50. The Morgan fingerprint density at radius 3 is 3.00 bits per heavy atom. The Morgan fingerprint density at radius 2 is 2.33 bits per heavy atom. The van der Waals surface area contributed by atoms with Crippen LogP contribution in [0.15, 0.2) is 16.6 Å². The molecular formula is C11H11BrO3. The van der Waals surface area contributed by atoms with Crippen LogP contribution in [0.2, 0.25) is 0 Å². The molecule has 0 radical (unpaired) electrons. The summed E-state index contributed by atoms with van der Waals surface area (Å²) in [5, 5.41) is 8.98. The van der Waals surface area contributed by atoms with E-state index in [-0.39, 0.29) is 0 Å². The molecule has 0 saturated carbocycles. The molecule has 0 spiro atoms. The second-order valence-corrected chi connectivity index (χ2v) is 4.46. The molecule has 80 valence electrons. The third-order valence-corrected chi connectivity index (χ3v) is 3.31. The average Bonchev–Trinajstić information content (AvgIpc) is 2.66. The maximum Gasteiger partial charge on any atom is 0.310 e. The van der Waals surface area contributed by atoms with Gasteiger partial charge >= 0.3 is 5.97 Å². The van der Waals surface area contributed by atoms with Crippen LogP contribution in [0.3, 0.4) is 0 Å². The Labute approximate surface area is 96.2 Å². The van der Waals surface area contributed by atoms with Crippen LogP contribution in [0.5, 0.6) is 5.75 Å². The molecule has 15 heavy (non-hydrogen) atoms. The van der Waals surface area contributed by atoms with Gasteiger partial charge in [0.2, 0.25) is 0 Å². The zero-order chi connectivity index (χ0) is 11.0. The largest absolute Gasteiger partial charge is 0.492 e. The Bertz CT molecular complexity index is 415. The maximum atomic E-state index is 10.9. The monoisotopic (exact) mass is 270 g/mol. The lowest BCUT2D eigenvalue weighted by molar-refractivity contribution is -0.138. The fourth-order valence-electron chi connectivity index (χ4n) is 1.82. The van der Waals surface area contributed by atoms with E-state index in [2.05, 4.69) is 15.9 Å². The molecule has 0 aromatic heterocycles. The fourth-order valence-corrected chi connectivity index (χ4v) is 2.31. The summed E-state index contributed by atoms with van der Waals surface area (Å²) in [5.41, 5.74) is 1.89. The van der Waals surface area contributed by atoms with Crippen molar-refractivity contribution in [1.29, 1.82) is 0 Å². The van der Waals surface area contributed by atoms with Crippen molar-refractivity contribution in [3.63, 3.8) is 0 Å². The molecule has 1 N–H and O–H groups in total. The predicted octanol–water partition coefficient (Wildman–Crippen LogP) is 2.57. The number of carboxylic acid groups (broad SMARTS) is 1. The molecule has 2 rings (SSSR count). The summed E-state index contributed by atoms with van der Waals surface area (Å²) in [6.07, 6.45) is 0.793. The van der Waals surface area contributed by atoms with Gasteiger partial charge in [0.1, 0.15) is 5.75 Å². The minimum absolute atomic E-state index is 0.478. The fraction of sp³-hybridized carbons (Fsp3) is 0.364. The average molecular weight is 271 g/mol. The number of aliphatic carboxylic acids is 1. The molecule has 0 aliphatic carbocycles. The third kappa shape index (κ3) is 1.74. The zero-order valence-corrected chi connectivity index (χ0v) is 9.87. The van der Waals surface area contributed by atoms with Crippen LogP contribution in [0.25, 0.3) is 0 Å². The molecule has 3 nitrogen and oxygen atoms in total. The van der Waals surface area contributed by atoms with Crippen molar-refractivity contribution < 1.29 is 14.6 Å². The second-order valence-electron chi connectivity index (χ2n) is 3.60. The smallest absolute Gasteiger partial charge is 0.310 e. The van der Waals surface area contributed by atoms with E-state index in [1.54, 1.807) is 6.92 Å². The number of hydrogen-bond acceptors (Lipinski definition) is 2. The van der Waals surface area contributed by atoms with Gasteiger partial charge in [-0.15, -0.1) is 0 Å². The van der Waals surface area contributed by atoms with Crippen molar-refractivity contribution in [3.05, 3.63) is 27.7 Å². The predicted molar refractivity (Wildman–Crippen MR) is 59.4 cm³/mol. The topological polar surface area (TPSA) is 46.5 Å². The molecule has 0 amide bonds. The first-order valence-corrected chi connectivity index (χ1v) is 5.57. The van der Waals surface area contributed by atoms with E-state index in [1.807, 2.05) is 12.1 Å². The summed E-state index contributed by atoms with van der Waals surface area (Å²) in [6.45, 7) is 2.33. The van der Waals surface area contributed by atoms with Gasteiger partial charge in [0.15, 0.2) is 0 Å². The van der Waals surface area contributed by atoms with Gasteiger partial charge < -0.3 is 9.84 Å². The summed E-state index contributed by atoms with van der Waals surface area (Å²) >= 11 is 3.40. The summed E-state index contributed by atoms with van der Waals surface area (Å²) in [4.78, 5) is 10.9. The summed E-state index contributed by atoms with van der Waals surface area (Å²) in [5.74, 6) is -0.472. The number of rotatable bonds is 2. The van der Waals surface area contributed by atoms with Crippen molar-refractivity contribution in [2.75, 3.05) is 6.61 Å². The van der Waals surface area contributed by atoms with Crippen LogP contribution >= 0.6 is 15.9 Å². The number of carboxylic acids is 1. The lowest BCUT2D eigenvalue weighted by atomic mass is 9.94. The quantitative estimate of drug-likeness (QED) is 0.899. The number of benzene rings is 1. The minimum atomic E-state index is -0.800. The van der Waals surface area contributed by atoms with Gasteiger partial charge in [0.25, 0.3) is 0 Å². The van der Waals surface area contributed by atoms with Crippen LogP contribution in [0, 0.1) is 0 Å². The van der Waals surface area contributed by atoms with Gasteiger partial charge in [-0.2, -0.15) is 0 Å². The molecule has 1 heterocycles. The van der Waals surface area contributed by atoms with E-state index in [9.17, 15) is 4.79 Å². The van der Waals surface area contributed by atoms with E-state index < -0.39 is 11.9 Å². The highest BCUT2D eigenvalue weighted by atomic mass is 79.9. The molecule has 0 saturated heterocycles. The molecule has 0 fully saturated rings. The van der Waals surface area contributed by atoms with Crippen LogP contribution in [-0.4, -0.2) is 17.7 Å². The molecule has 4 heteroatoms. The van der Waals surface area contributed by atoms with Gasteiger partial charge in [-0.3, -0.25) is 4.79 Å². The molecule has 1 aromatic carbocycles. The van der Waals surface area contributed by atoms with Gasteiger partial charge in [-0.05, 0) is 34.5 Å². The summed E-state index contributed by atoms with van der Waals surface area (Å²) < 4.78 is 6.36. The number of carbonyl (C=O) groups is 1. The van der Waals surface area contributed by atoms with Crippen LogP contribution in [0.4, 0.5) is 0 Å². The molecule has 0 bridgehead atoms. The Morgan fingerprint density at radius 1 is 1.60 bits per heavy atom. The standard InChI is InChI=1S/C11H11BrO3/c1-6(11(13)14)7-2-3-9(12)10-8(7)4-5-15-10/h2-3,6H,4-5H2,1H3,(H,13,14). The normalized spacial score (nSPS) is 15.6. The van der Waals surface area contributed by atoms with Gasteiger partial charge in [0, 0.05) is 12.0 Å². The van der Waals surface area contributed by atoms with Crippen molar-refractivity contribution in [1.82, 2.24) is 0 Å². The van der Waals surface area contributed by atoms with E-state index in [4.69, 9.17) is 9.84 Å². The first-order chi connectivity index (χ1) is 7.11. The van der Waals surface area contributed by atoms with Crippen molar-refractivity contribution in [2.45, 2.75) is 19.3 Å². The molecule has 1 aliphatic heterocycles. The van der Waals surface area contributed by atoms with Gasteiger partial charge in [-0.25, -0.2) is 0 Å². The Hall–Kier alpha value is -1.03. The first kappa shape index (κ1) is 10.5. The van der Waals surface area contributed by atoms with Crippen LogP contribution in [-0.2, 0) is 11.2 Å². The number of halogens is 1. The van der Waals surface area contributed by atoms with Crippen molar-refractivity contribution in [3.8, 4) is 5.75 Å². The molecule has 1 unspecified atom stereocenters. The molecule has 1 aliphatic rings. The highest BCUT2D eigenvalue weighted by molar-refractivity contribution is 9.10. The second kappa shape index (κ2) is 3.85. The molecule has 1 aromatic rings. The molecular weight excluding hydrogens is 260 g/mol. The summed E-state index contributed by atoms with van der Waals surface area (Å²) in [7, 11) is 0. The van der Waals surface area contributed by atoms with E-state index in [0.29, 0.717) is 6.61 Å². The zero-order valence-electron chi connectivity index (χ0n) is 8.29. The molecule has 1 atom stereocenters. The SMILES string of the molecule is CC(C(=O)O)c1ccc(Br)c2c1CCO2. The van der Waals surface area contributed by atoms with E-state index >= 15 is 0 Å². The van der Waals surface area contributed by atoms with Gasteiger partial charge in [-0.1, -0.05) is 6.07 Å². The highest BCUT2D eigenvalue weighted by Gasteiger charge is 2.24. The van der Waals surface area contributed by atoms with Crippen molar-refractivity contribution in [2.24, 2.45) is 0 Å². The third-order valence-electron chi connectivity index (χ3n) is 2.68. The number of fused-ring (bicyclic) bond motifs is 1. The maximum absolute atomic E-state index is 10.9. The summed E-state index contributed by atoms with van der Waals surface area (Å²) in [6, 6.07) is 3.70. The highest BCUT2D eigenvalue weighted by Crippen LogP contribution is 2.38. The van der Waals surface area contributed by atoms with Crippen molar-refractivity contribution >= 4 is 21.9 Å². The lowest BCUT2D eigenvalue weighted by Gasteiger charge is -2.11. The minimum Gasteiger partial charge on any atom is -0.492 e.